The molecule has 0 bridgehead atoms. The third-order valence-corrected chi connectivity index (χ3v) is 5.86. The number of carbonyl (C=O) groups excluding carboxylic acids is 2. The smallest absolute Gasteiger partial charge is 0.407 e. The summed E-state index contributed by atoms with van der Waals surface area (Å²) in [7, 11) is 0. The molecule has 1 atom stereocenters. The van der Waals surface area contributed by atoms with Crippen LogP contribution in [-0.4, -0.2) is 53.7 Å². The van der Waals surface area contributed by atoms with E-state index in [9.17, 15) is 19.5 Å². The number of benzene rings is 2. The molecule has 2 N–H and O–H groups in total. The Hall–Kier alpha value is -3.35. The summed E-state index contributed by atoms with van der Waals surface area (Å²) in [5, 5.41) is 12.0. The van der Waals surface area contributed by atoms with E-state index < -0.39 is 30.6 Å². The SMILES string of the molecule is CC(C)CC(NC(=O)OCC1c2ccccc2-c2ccccc21)C(=O)N(CC(=O)O)CC(C)C. The second-order valence-electron chi connectivity index (χ2n) is 9.66. The quantitative estimate of drug-likeness (QED) is 0.537. The largest absolute Gasteiger partial charge is 0.480 e. The van der Waals surface area contributed by atoms with Gasteiger partial charge in [0.1, 0.15) is 19.2 Å². The molecule has 0 aliphatic heterocycles. The molecule has 0 spiro atoms. The Bertz CT molecular complexity index is 988. The minimum Gasteiger partial charge on any atom is -0.480 e. The summed E-state index contributed by atoms with van der Waals surface area (Å²) in [6.45, 7) is 7.77. The van der Waals surface area contributed by atoms with Crippen molar-refractivity contribution in [1.82, 2.24) is 10.2 Å². The Morgan fingerprint density at radius 2 is 1.50 bits per heavy atom. The van der Waals surface area contributed by atoms with Crippen LogP contribution in [-0.2, 0) is 14.3 Å². The summed E-state index contributed by atoms with van der Waals surface area (Å²) in [4.78, 5) is 38.5. The van der Waals surface area contributed by atoms with E-state index in [2.05, 4.69) is 17.4 Å². The highest BCUT2D eigenvalue weighted by atomic mass is 16.5. The van der Waals surface area contributed by atoms with Crippen molar-refractivity contribution < 1.29 is 24.2 Å². The van der Waals surface area contributed by atoms with Crippen LogP contribution in [0.2, 0.25) is 0 Å². The van der Waals surface area contributed by atoms with Crippen molar-refractivity contribution in [1.29, 1.82) is 0 Å². The maximum Gasteiger partial charge on any atom is 0.407 e. The normalized spacial score (nSPS) is 13.4. The van der Waals surface area contributed by atoms with E-state index >= 15 is 0 Å². The highest BCUT2D eigenvalue weighted by molar-refractivity contribution is 5.88. The summed E-state index contributed by atoms with van der Waals surface area (Å²) in [6, 6.07) is 15.3. The summed E-state index contributed by atoms with van der Waals surface area (Å²) >= 11 is 0. The minimum absolute atomic E-state index is 0.0816. The van der Waals surface area contributed by atoms with E-state index in [4.69, 9.17) is 4.74 Å². The Labute approximate surface area is 201 Å². The number of ether oxygens (including phenoxy) is 1. The molecule has 182 valence electrons. The van der Waals surface area contributed by atoms with E-state index in [0.29, 0.717) is 13.0 Å². The molecule has 2 amide bonds. The summed E-state index contributed by atoms with van der Waals surface area (Å²) < 4.78 is 5.61. The van der Waals surface area contributed by atoms with E-state index in [1.54, 1.807) is 0 Å². The zero-order valence-corrected chi connectivity index (χ0v) is 20.3. The Balaban J connectivity index is 1.71. The lowest BCUT2D eigenvalue weighted by Crippen LogP contribution is -2.51. The molecule has 0 radical (unpaired) electrons. The second kappa shape index (κ2) is 11.2. The van der Waals surface area contributed by atoms with Crippen LogP contribution in [0.1, 0.15) is 51.2 Å². The lowest BCUT2D eigenvalue weighted by molar-refractivity contribution is -0.145. The van der Waals surface area contributed by atoms with Crippen LogP contribution in [0, 0.1) is 11.8 Å². The van der Waals surface area contributed by atoms with Gasteiger partial charge in [-0.1, -0.05) is 76.2 Å². The highest BCUT2D eigenvalue weighted by Crippen LogP contribution is 2.44. The third kappa shape index (κ3) is 6.16. The standard InChI is InChI=1S/C27H34N2O5/c1-17(2)13-24(26(32)29(14-18(3)4)15-25(30)31)28-27(33)34-16-23-21-11-7-5-9-19(21)20-10-6-8-12-22(20)23/h5-12,17-18,23-24H,13-16H2,1-4H3,(H,28,33)(H,30,31). The molecule has 7 nitrogen and oxygen atoms in total. The van der Waals surface area contributed by atoms with E-state index in [1.165, 1.54) is 4.90 Å². The van der Waals surface area contributed by atoms with Gasteiger partial charge in [-0.05, 0) is 40.5 Å². The van der Waals surface area contributed by atoms with Gasteiger partial charge in [0, 0.05) is 12.5 Å². The van der Waals surface area contributed by atoms with Gasteiger partial charge in [0.2, 0.25) is 5.91 Å². The van der Waals surface area contributed by atoms with Gasteiger partial charge >= 0.3 is 12.1 Å². The van der Waals surface area contributed by atoms with Gasteiger partial charge in [0.15, 0.2) is 0 Å². The van der Waals surface area contributed by atoms with Crippen LogP contribution in [0.15, 0.2) is 48.5 Å². The van der Waals surface area contributed by atoms with Crippen LogP contribution < -0.4 is 5.32 Å². The zero-order chi connectivity index (χ0) is 24.8. The predicted octanol–water partition coefficient (Wildman–Crippen LogP) is 4.51. The average molecular weight is 467 g/mol. The number of amides is 2. The number of carbonyl (C=O) groups is 3. The fraction of sp³-hybridized carbons (Fsp3) is 0.444. The summed E-state index contributed by atoms with van der Waals surface area (Å²) in [6.07, 6.45) is -0.294. The van der Waals surface area contributed by atoms with Crippen LogP contribution in [0.3, 0.4) is 0 Å². The lowest BCUT2D eigenvalue weighted by Gasteiger charge is -2.28. The molecule has 34 heavy (non-hydrogen) atoms. The molecule has 0 fully saturated rings. The molecule has 0 saturated carbocycles. The molecule has 1 unspecified atom stereocenters. The van der Waals surface area contributed by atoms with Gasteiger partial charge in [0.25, 0.3) is 0 Å². The summed E-state index contributed by atoms with van der Waals surface area (Å²) in [5.74, 6) is -1.36. The molecular formula is C27H34N2O5. The molecule has 1 aliphatic carbocycles. The van der Waals surface area contributed by atoms with Crippen molar-refractivity contribution in [2.45, 2.75) is 46.1 Å². The number of nitrogens with one attached hydrogen (secondary N) is 1. The van der Waals surface area contributed by atoms with Crippen LogP contribution in [0.5, 0.6) is 0 Å². The van der Waals surface area contributed by atoms with Crippen molar-refractivity contribution in [3.05, 3.63) is 59.7 Å². The zero-order valence-electron chi connectivity index (χ0n) is 20.3. The number of carboxylic acids is 1. The lowest BCUT2D eigenvalue weighted by atomic mass is 9.98. The predicted molar refractivity (Wildman–Crippen MR) is 131 cm³/mol. The van der Waals surface area contributed by atoms with Crippen molar-refractivity contribution in [2.24, 2.45) is 11.8 Å². The molecule has 0 heterocycles. The van der Waals surface area contributed by atoms with Gasteiger partial charge in [0.05, 0.1) is 0 Å². The summed E-state index contributed by atoms with van der Waals surface area (Å²) in [5.41, 5.74) is 4.49. The molecule has 7 heteroatoms. The third-order valence-electron chi connectivity index (χ3n) is 5.86. The van der Waals surface area contributed by atoms with Gasteiger partial charge in [-0.3, -0.25) is 9.59 Å². The first-order valence-electron chi connectivity index (χ1n) is 11.8. The number of fused-ring (bicyclic) bond motifs is 3. The van der Waals surface area contributed by atoms with Crippen molar-refractivity contribution >= 4 is 18.0 Å². The van der Waals surface area contributed by atoms with Crippen molar-refractivity contribution in [3.8, 4) is 11.1 Å². The van der Waals surface area contributed by atoms with Gasteiger partial charge in [-0.15, -0.1) is 0 Å². The molecule has 0 aromatic heterocycles. The maximum absolute atomic E-state index is 13.2. The fourth-order valence-electron chi connectivity index (χ4n) is 4.53. The molecule has 0 saturated heterocycles. The molecule has 3 rings (SSSR count). The first-order chi connectivity index (χ1) is 16.2. The van der Waals surface area contributed by atoms with E-state index in [-0.39, 0.29) is 24.4 Å². The van der Waals surface area contributed by atoms with Crippen LogP contribution in [0.4, 0.5) is 4.79 Å². The fourth-order valence-corrected chi connectivity index (χ4v) is 4.53. The minimum atomic E-state index is -1.08. The first-order valence-corrected chi connectivity index (χ1v) is 11.8. The number of nitrogens with zero attached hydrogens (tertiary/aromatic N) is 1. The first kappa shape index (κ1) is 25.3. The molecular weight excluding hydrogens is 432 g/mol. The monoisotopic (exact) mass is 466 g/mol. The van der Waals surface area contributed by atoms with Gasteiger partial charge in [-0.25, -0.2) is 4.79 Å². The maximum atomic E-state index is 13.2. The molecule has 2 aromatic carbocycles. The second-order valence-corrected chi connectivity index (χ2v) is 9.66. The Morgan fingerprint density at radius 1 is 0.941 bits per heavy atom. The van der Waals surface area contributed by atoms with Gasteiger partial charge in [-0.2, -0.15) is 0 Å². The topological polar surface area (TPSA) is 95.9 Å². The average Bonchev–Trinajstić information content (AvgIpc) is 3.09. The number of aliphatic carboxylic acids is 1. The number of rotatable bonds is 10. The van der Waals surface area contributed by atoms with Crippen LogP contribution in [0.25, 0.3) is 11.1 Å². The number of alkyl carbamates (subject to hydrolysis) is 1. The van der Waals surface area contributed by atoms with E-state index in [1.807, 2.05) is 64.1 Å². The number of carboxylic acid groups (broad SMARTS) is 1. The van der Waals surface area contributed by atoms with Gasteiger partial charge < -0.3 is 20.1 Å². The van der Waals surface area contributed by atoms with Crippen molar-refractivity contribution in [2.75, 3.05) is 19.7 Å². The molecule has 1 aliphatic rings. The number of hydrogen-bond donors (Lipinski definition) is 2. The van der Waals surface area contributed by atoms with Crippen LogP contribution >= 0.6 is 0 Å². The molecule has 2 aromatic rings. The number of hydrogen-bond acceptors (Lipinski definition) is 4. The Morgan fingerprint density at radius 3 is 2.00 bits per heavy atom. The van der Waals surface area contributed by atoms with E-state index in [0.717, 1.165) is 22.3 Å². The van der Waals surface area contributed by atoms with Crippen molar-refractivity contribution in [3.63, 3.8) is 0 Å². The Kier molecular flexibility index (Phi) is 8.31. The highest BCUT2D eigenvalue weighted by Gasteiger charge is 2.31.